The topological polar surface area (TPSA) is 97.2 Å². The van der Waals surface area contributed by atoms with E-state index < -0.39 is 35.3 Å². The predicted octanol–water partition coefficient (Wildman–Crippen LogP) is 6.42. The van der Waals surface area contributed by atoms with Gasteiger partial charge in [-0.15, -0.1) is 0 Å². The Labute approximate surface area is 252 Å². The van der Waals surface area contributed by atoms with Crippen molar-refractivity contribution < 1.29 is 24.2 Å². The normalized spacial score (nSPS) is 22.5. The van der Waals surface area contributed by atoms with E-state index in [0.29, 0.717) is 11.3 Å². The molecular formula is C36H36N2O5. The molecule has 0 aliphatic heterocycles. The predicted molar refractivity (Wildman–Crippen MR) is 166 cm³/mol. The fourth-order valence-corrected chi connectivity index (χ4v) is 5.62. The van der Waals surface area contributed by atoms with Gasteiger partial charge in [-0.2, -0.15) is 5.10 Å². The quantitative estimate of drug-likeness (QED) is 0.176. The van der Waals surface area contributed by atoms with E-state index in [1.807, 2.05) is 122 Å². The zero-order chi connectivity index (χ0) is 30.2. The molecule has 4 aromatic carbocycles. The van der Waals surface area contributed by atoms with Crippen molar-refractivity contribution in [1.29, 1.82) is 0 Å². The maximum Gasteiger partial charge on any atom is 0.315 e. The van der Waals surface area contributed by atoms with Crippen LogP contribution in [-0.2, 0) is 32.3 Å². The highest BCUT2D eigenvalue weighted by molar-refractivity contribution is 6.06. The molecule has 4 atom stereocenters. The van der Waals surface area contributed by atoms with Gasteiger partial charge in [-0.25, -0.2) is 0 Å². The first-order valence-corrected chi connectivity index (χ1v) is 14.4. The van der Waals surface area contributed by atoms with Gasteiger partial charge in [0.05, 0.1) is 22.9 Å². The van der Waals surface area contributed by atoms with Crippen molar-refractivity contribution in [3.05, 3.63) is 138 Å². The van der Waals surface area contributed by atoms with Gasteiger partial charge in [-0.05, 0) is 42.7 Å². The number of hydrogen-bond acceptors (Lipinski definition) is 7. The first-order chi connectivity index (χ1) is 20.8. The number of benzene rings is 4. The third-order valence-electron chi connectivity index (χ3n) is 7.81. The van der Waals surface area contributed by atoms with Gasteiger partial charge in [0.15, 0.2) is 0 Å². The molecule has 0 radical (unpaired) electrons. The lowest BCUT2D eigenvalue weighted by atomic mass is 9.61. The van der Waals surface area contributed by atoms with Gasteiger partial charge in [0.1, 0.15) is 19.1 Å². The number of hydrogen-bond donors (Lipinski definition) is 2. The van der Waals surface area contributed by atoms with Crippen molar-refractivity contribution in [2.24, 2.45) is 16.9 Å². The Morgan fingerprint density at radius 3 is 1.86 bits per heavy atom. The summed E-state index contributed by atoms with van der Waals surface area (Å²) in [5.41, 5.74) is 5.98. The van der Waals surface area contributed by atoms with Gasteiger partial charge in [0.25, 0.3) is 0 Å². The minimum Gasteiger partial charge on any atom is -0.461 e. The number of nitrogens with one attached hydrogen (secondary N) is 1. The summed E-state index contributed by atoms with van der Waals surface area (Å²) < 4.78 is 11.7. The fourth-order valence-electron chi connectivity index (χ4n) is 5.62. The number of nitrogens with zero attached hydrogens (tertiary/aromatic N) is 1. The molecule has 4 unspecified atom stereocenters. The van der Waals surface area contributed by atoms with E-state index in [0.717, 1.165) is 22.4 Å². The second kappa shape index (κ2) is 13.5. The molecule has 1 aliphatic rings. The number of esters is 2. The number of anilines is 1. The average Bonchev–Trinajstić information content (AvgIpc) is 3.02. The van der Waals surface area contributed by atoms with E-state index in [9.17, 15) is 14.7 Å². The average molecular weight is 577 g/mol. The monoisotopic (exact) mass is 576 g/mol. The Balaban J connectivity index is 1.54. The molecule has 2 N–H and O–H groups in total. The lowest BCUT2D eigenvalue weighted by Gasteiger charge is -2.45. The Morgan fingerprint density at radius 2 is 1.30 bits per heavy atom. The largest absolute Gasteiger partial charge is 0.461 e. The van der Waals surface area contributed by atoms with E-state index in [-0.39, 0.29) is 19.6 Å². The van der Waals surface area contributed by atoms with Crippen LogP contribution in [0.5, 0.6) is 0 Å². The molecule has 43 heavy (non-hydrogen) atoms. The molecule has 1 saturated carbocycles. The van der Waals surface area contributed by atoms with E-state index in [1.54, 1.807) is 6.92 Å². The van der Waals surface area contributed by atoms with Crippen LogP contribution in [0.4, 0.5) is 5.69 Å². The summed E-state index contributed by atoms with van der Waals surface area (Å²) in [6.07, 6.45) is -0.0363. The van der Waals surface area contributed by atoms with Gasteiger partial charge in [0.2, 0.25) is 0 Å². The lowest BCUT2D eigenvalue weighted by Crippen LogP contribution is -2.55. The standard InChI is InChI=1S/C36H36N2O5/c1-25-18-20-28(21-19-25)31-32(34(39)42-23-26-12-6-3-7-13-26)30(38-37-29-16-10-5-11-17-29)22-36(2,41)33(31)35(40)43-24-27-14-8-4-9-15-27/h3-21,31-33,37,41H,22-24H2,1-2H3/b38-30+. The molecule has 220 valence electrons. The van der Waals surface area contributed by atoms with Crippen molar-refractivity contribution in [3.63, 3.8) is 0 Å². The first-order valence-electron chi connectivity index (χ1n) is 14.4. The van der Waals surface area contributed by atoms with Crippen LogP contribution in [0.15, 0.2) is 120 Å². The second-order valence-corrected chi connectivity index (χ2v) is 11.2. The van der Waals surface area contributed by atoms with Crippen molar-refractivity contribution in [3.8, 4) is 0 Å². The maximum absolute atomic E-state index is 14.0. The number of ether oxygens (including phenoxy) is 2. The van der Waals surface area contributed by atoms with Crippen LogP contribution in [-0.4, -0.2) is 28.4 Å². The van der Waals surface area contributed by atoms with Gasteiger partial charge in [-0.1, -0.05) is 109 Å². The van der Waals surface area contributed by atoms with Gasteiger partial charge < -0.3 is 14.6 Å². The van der Waals surface area contributed by atoms with E-state index in [1.165, 1.54) is 0 Å². The summed E-state index contributed by atoms with van der Waals surface area (Å²) in [5.74, 6) is -3.94. The molecule has 5 rings (SSSR count). The van der Waals surface area contributed by atoms with Gasteiger partial charge in [0, 0.05) is 12.3 Å². The number of carbonyl (C=O) groups excluding carboxylic acids is 2. The molecule has 0 spiro atoms. The smallest absolute Gasteiger partial charge is 0.315 e. The van der Waals surface area contributed by atoms with Gasteiger partial charge in [-0.3, -0.25) is 15.0 Å². The first kappa shape index (κ1) is 29.7. The number of aliphatic hydroxyl groups is 1. The number of hydrazone groups is 1. The number of para-hydroxylation sites is 1. The minimum absolute atomic E-state index is 0.0363. The molecule has 0 saturated heterocycles. The summed E-state index contributed by atoms with van der Waals surface area (Å²) in [6, 6.07) is 35.8. The molecule has 7 heteroatoms. The Hall–Kier alpha value is -4.75. The van der Waals surface area contributed by atoms with Crippen molar-refractivity contribution in [2.45, 2.75) is 45.0 Å². The SMILES string of the molecule is Cc1ccc(C2C(C(=O)OCc3ccccc3)/C(=N/Nc3ccccc3)CC(C)(O)C2C(=O)OCc2ccccc2)cc1. The molecular weight excluding hydrogens is 540 g/mol. The third kappa shape index (κ3) is 7.37. The van der Waals surface area contributed by atoms with Gasteiger partial charge >= 0.3 is 11.9 Å². The lowest BCUT2D eigenvalue weighted by molar-refractivity contribution is -0.165. The van der Waals surface area contributed by atoms with Crippen molar-refractivity contribution >= 4 is 23.3 Å². The molecule has 0 heterocycles. The molecule has 7 nitrogen and oxygen atoms in total. The highest BCUT2D eigenvalue weighted by atomic mass is 16.5. The van der Waals surface area contributed by atoms with Crippen LogP contribution in [0.1, 0.15) is 41.5 Å². The zero-order valence-corrected chi connectivity index (χ0v) is 24.4. The zero-order valence-electron chi connectivity index (χ0n) is 24.4. The number of rotatable bonds is 9. The van der Waals surface area contributed by atoms with E-state index in [4.69, 9.17) is 9.47 Å². The number of carbonyl (C=O) groups is 2. The fraction of sp³-hybridized carbons (Fsp3) is 0.250. The molecule has 0 bridgehead atoms. The molecule has 4 aromatic rings. The third-order valence-corrected chi connectivity index (χ3v) is 7.81. The summed E-state index contributed by atoms with van der Waals surface area (Å²) in [6.45, 7) is 3.68. The maximum atomic E-state index is 14.0. The van der Waals surface area contributed by atoms with Crippen LogP contribution in [0.2, 0.25) is 0 Å². The Kier molecular flexibility index (Phi) is 9.32. The summed E-state index contributed by atoms with van der Waals surface area (Å²) in [5, 5.41) is 16.5. The summed E-state index contributed by atoms with van der Waals surface area (Å²) in [4.78, 5) is 27.9. The van der Waals surface area contributed by atoms with E-state index >= 15 is 0 Å². The minimum atomic E-state index is -1.57. The van der Waals surface area contributed by atoms with Crippen molar-refractivity contribution in [2.75, 3.05) is 5.43 Å². The van der Waals surface area contributed by atoms with E-state index in [2.05, 4.69) is 10.5 Å². The molecule has 0 amide bonds. The highest BCUT2D eigenvalue weighted by Gasteiger charge is 2.56. The van der Waals surface area contributed by atoms with Crippen LogP contribution in [0, 0.1) is 18.8 Å². The molecule has 0 aromatic heterocycles. The van der Waals surface area contributed by atoms with Crippen LogP contribution >= 0.6 is 0 Å². The van der Waals surface area contributed by atoms with Crippen LogP contribution in [0.25, 0.3) is 0 Å². The van der Waals surface area contributed by atoms with Crippen molar-refractivity contribution in [1.82, 2.24) is 0 Å². The van der Waals surface area contributed by atoms with Crippen LogP contribution in [0.3, 0.4) is 0 Å². The Bertz CT molecular complexity index is 1540. The molecule has 1 fully saturated rings. The van der Waals surface area contributed by atoms with Crippen LogP contribution < -0.4 is 5.43 Å². The second-order valence-electron chi connectivity index (χ2n) is 11.2. The number of aryl methyl sites for hydroxylation is 1. The Morgan fingerprint density at radius 1 is 0.791 bits per heavy atom. The molecule has 1 aliphatic carbocycles. The summed E-state index contributed by atoms with van der Waals surface area (Å²) >= 11 is 0. The highest BCUT2D eigenvalue weighted by Crippen LogP contribution is 2.47. The summed E-state index contributed by atoms with van der Waals surface area (Å²) in [7, 11) is 0.